The first-order chi connectivity index (χ1) is 20.2. The molecule has 0 atom stereocenters. The topological polar surface area (TPSA) is 110 Å². The molecule has 220 valence electrons. The number of carbonyl (C=O) groups is 1. The fourth-order valence-corrected chi connectivity index (χ4v) is 4.75. The number of amides is 1. The second-order valence-corrected chi connectivity index (χ2v) is 11.0. The van der Waals surface area contributed by atoms with Crippen LogP contribution in [0.1, 0.15) is 32.7 Å². The molecule has 2 aromatic carbocycles. The monoisotopic (exact) mass is 570 g/mol. The van der Waals surface area contributed by atoms with Crippen molar-refractivity contribution in [3.05, 3.63) is 71.8 Å². The van der Waals surface area contributed by atoms with E-state index in [0.29, 0.717) is 22.9 Å². The minimum absolute atomic E-state index is 0.0243. The SMILES string of the molecule is C=CC(=O)Nc1cc(Nc2nccc(-n3c(=O)n(C(C)C)c4ccccc43)n2)c(OC2CC2)cc1N(C)CCN(C)C. The molecule has 1 aliphatic rings. The van der Waals surface area contributed by atoms with Crippen LogP contribution >= 0.6 is 0 Å². The Morgan fingerprint density at radius 3 is 2.52 bits per heavy atom. The zero-order valence-electron chi connectivity index (χ0n) is 24.8. The van der Waals surface area contributed by atoms with Gasteiger partial charge in [-0.25, -0.2) is 14.3 Å². The van der Waals surface area contributed by atoms with Crippen molar-refractivity contribution in [3.8, 4) is 11.6 Å². The first-order valence-corrected chi connectivity index (χ1v) is 14.1. The van der Waals surface area contributed by atoms with Crippen molar-refractivity contribution >= 4 is 40.0 Å². The van der Waals surface area contributed by atoms with Crippen molar-refractivity contribution in [1.82, 2.24) is 24.0 Å². The number of rotatable bonds is 12. The van der Waals surface area contributed by atoms with Gasteiger partial charge in [-0.1, -0.05) is 18.7 Å². The number of carbonyl (C=O) groups excluding carboxylic acids is 1. The van der Waals surface area contributed by atoms with Crippen LogP contribution in [0.3, 0.4) is 0 Å². The average Bonchev–Trinajstić information content (AvgIpc) is 3.72. The van der Waals surface area contributed by atoms with E-state index in [0.717, 1.165) is 42.7 Å². The summed E-state index contributed by atoms with van der Waals surface area (Å²) in [4.78, 5) is 39.3. The Morgan fingerprint density at radius 2 is 1.86 bits per heavy atom. The van der Waals surface area contributed by atoms with Gasteiger partial charge in [-0.05, 0) is 65.1 Å². The van der Waals surface area contributed by atoms with E-state index in [4.69, 9.17) is 9.72 Å². The van der Waals surface area contributed by atoms with E-state index in [1.54, 1.807) is 21.4 Å². The van der Waals surface area contributed by atoms with E-state index >= 15 is 0 Å². The molecule has 2 N–H and O–H groups in total. The maximum absolute atomic E-state index is 13.5. The van der Waals surface area contributed by atoms with E-state index in [9.17, 15) is 9.59 Å². The van der Waals surface area contributed by atoms with Crippen LogP contribution in [0.4, 0.5) is 23.0 Å². The standard InChI is InChI=1S/C31H38N8O3/c1-7-29(40)33-22-18-23(27(42-21-12-13-21)19-26(22)37(6)17-16-36(4)5)34-30-32-15-14-28(35-30)39-25-11-9-8-10-24(25)38(20(2)3)31(39)41/h7-11,14-15,18-21H,1,12-13,16-17H2,2-6H3,(H,33,40)(H,32,34,35). The van der Waals surface area contributed by atoms with Crippen molar-refractivity contribution in [2.45, 2.75) is 38.8 Å². The summed E-state index contributed by atoms with van der Waals surface area (Å²) in [7, 11) is 6.02. The zero-order chi connectivity index (χ0) is 30.0. The molecule has 2 aromatic heterocycles. The Labute approximate surface area is 245 Å². The number of hydrogen-bond donors (Lipinski definition) is 2. The van der Waals surface area contributed by atoms with Gasteiger partial charge in [0, 0.05) is 44.5 Å². The van der Waals surface area contributed by atoms with Crippen molar-refractivity contribution in [1.29, 1.82) is 0 Å². The van der Waals surface area contributed by atoms with Gasteiger partial charge >= 0.3 is 5.69 Å². The number of aromatic nitrogens is 4. The molecule has 5 rings (SSSR count). The quantitative estimate of drug-likeness (QED) is 0.239. The van der Waals surface area contributed by atoms with Gasteiger partial charge in [0.15, 0.2) is 0 Å². The molecule has 4 aromatic rings. The molecule has 2 heterocycles. The highest BCUT2D eigenvalue weighted by atomic mass is 16.5. The first-order valence-electron chi connectivity index (χ1n) is 14.1. The van der Waals surface area contributed by atoms with Crippen molar-refractivity contribution in [2.24, 2.45) is 0 Å². The highest BCUT2D eigenvalue weighted by Gasteiger charge is 2.26. The van der Waals surface area contributed by atoms with Crippen LogP contribution in [-0.2, 0) is 4.79 Å². The summed E-state index contributed by atoms with van der Waals surface area (Å²) in [5, 5.41) is 6.22. The summed E-state index contributed by atoms with van der Waals surface area (Å²) in [5.41, 5.74) is 3.43. The van der Waals surface area contributed by atoms with E-state index in [-0.39, 0.29) is 29.7 Å². The highest BCUT2D eigenvalue weighted by molar-refractivity contribution is 6.02. The lowest BCUT2D eigenvalue weighted by atomic mass is 10.2. The number of fused-ring (bicyclic) bond motifs is 1. The molecule has 11 nitrogen and oxygen atoms in total. The van der Waals surface area contributed by atoms with Crippen molar-refractivity contribution < 1.29 is 9.53 Å². The van der Waals surface area contributed by atoms with Gasteiger partial charge < -0.3 is 25.2 Å². The minimum Gasteiger partial charge on any atom is -0.488 e. The Hall–Kier alpha value is -4.64. The first kappa shape index (κ1) is 28.9. The molecule has 0 bridgehead atoms. The number of nitrogens with one attached hydrogen (secondary N) is 2. The third kappa shape index (κ3) is 6.15. The molecule has 1 amide bonds. The smallest absolute Gasteiger partial charge is 0.335 e. The second-order valence-electron chi connectivity index (χ2n) is 11.0. The maximum atomic E-state index is 13.5. The van der Waals surface area contributed by atoms with Crippen molar-refractivity contribution in [2.75, 3.05) is 49.8 Å². The van der Waals surface area contributed by atoms with Gasteiger partial charge in [0.05, 0.1) is 34.2 Å². The maximum Gasteiger partial charge on any atom is 0.335 e. The lowest BCUT2D eigenvalue weighted by Gasteiger charge is -2.26. The van der Waals surface area contributed by atoms with Crippen LogP contribution in [0.2, 0.25) is 0 Å². The summed E-state index contributed by atoms with van der Waals surface area (Å²) in [6.07, 6.45) is 4.95. The lowest BCUT2D eigenvalue weighted by Crippen LogP contribution is -2.29. The van der Waals surface area contributed by atoms with Crippen LogP contribution < -0.4 is 26.0 Å². The number of nitrogens with zero attached hydrogens (tertiary/aromatic N) is 6. The predicted octanol–water partition coefficient (Wildman–Crippen LogP) is 4.57. The molecule has 0 spiro atoms. The van der Waals surface area contributed by atoms with Crippen LogP contribution in [0.5, 0.6) is 5.75 Å². The Balaban J connectivity index is 1.56. The van der Waals surface area contributed by atoms with Crippen LogP contribution in [0.25, 0.3) is 16.9 Å². The number of para-hydroxylation sites is 2. The summed E-state index contributed by atoms with van der Waals surface area (Å²) < 4.78 is 9.66. The summed E-state index contributed by atoms with van der Waals surface area (Å²) in [6.45, 7) is 9.14. The molecule has 0 aliphatic heterocycles. The molecular formula is C31H38N8O3. The minimum atomic E-state index is -0.321. The summed E-state index contributed by atoms with van der Waals surface area (Å²) in [5.74, 6) is 1.04. The van der Waals surface area contributed by atoms with Gasteiger partial charge in [0.1, 0.15) is 11.6 Å². The Kier molecular flexibility index (Phi) is 8.30. The molecule has 1 saturated carbocycles. The number of imidazole rings is 1. The highest BCUT2D eigenvalue weighted by Crippen LogP contribution is 2.40. The number of likely N-dealkylation sites (N-methyl/N-ethyl adjacent to an activating group) is 2. The second kappa shape index (κ2) is 12.1. The van der Waals surface area contributed by atoms with Crippen LogP contribution in [0, 0.1) is 0 Å². The number of anilines is 4. The predicted molar refractivity (Wildman–Crippen MR) is 168 cm³/mol. The molecule has 1 fully saturated rings. The normalized spacial score (nSPS) is 13.0. The number of benzene rings is 2. The molecule has 42 heavy (non-hydrogen) atoms. The molecule has 1 aliphatic carbocycles. The summed E-state index contributed by atoms with van der Waals surface area (Å²) in [6, 6.07) is 13.1. The van der Waals surface area contributed by atoms with E-state index in [1.165, 1.54) is 6.08 Å². The third-order valence-electron chi connectivity index (χ3n) is 7.07. The Bertz CT molecular complexity index is 1670. The fourth-order valence-electron chi connectivity index (χ4n) is 4.75. The van der Waals surface area contributed by atoms with Gasteiger partial charge in [0.2, 0.25) is 11.9 Å². The molecule has 0 unspecified atom stereocenters. The van der Waals surface area contributed by atoms with E-state index in [2.05, 4.69) is 32.0 Å². The average molecular weight is 571 g/mol. The fraction of sp³-hybridized carbons (Fsp3) is 0.355. The van der Waals surface area contributed by atoms with Crippen LogP contribution in [0.15, 0.2) is 66.1 Å². The number of hydrogen-bond acceptors (Lipinski definition) is 8. The van der Waals surface area contributed by atoms with Crippen molar-refractivity contribution in [3.63, 3.8) is 0 Å². The molecule has 0 saturated heterocycles. The molecule has 0 radical (unpaired) electrons. The van der Waals surface area contributed by atoms with Gasteiger partial charge in [-0.15, -0.1) is 0 Å². The van der Waals surface area contributed by atoms with Gasteiger partial charge in [-0.3, -0.25) is 9.36 Å². The zero-order valence-corrected chi connectivity index (χ0v) is 24.8. The van der Waals surface area contributed by atoms with Gasteiger partial charge in [-0.2, -0.15) is 4.98 Å². The van der Waals surface area contributed by atoms with Crippen LogP contribution in [-0.4, -0.2) is 70.2 Å². The van der Waals surface area contributed by atoms with E-state index in [1.807, 2.05) is 71.4 Å². The Morgan fingerprint density at radius 1 is 1.12 bits per heavy atom. The third-order valence-corrected chi connectivity index (χ3v) is 7.07. The lowest BCUT2D eigenvalue weighted by molar-refractivity contribution is -0.111. The van der Waals surface area contributed by atoms with E-state index < -0.39 is 0 Å². The molecular weight excluding hydrogens is 532 g/mol. The van der Waals surface area contributed by atoms with Gasteiger partial charge in [0.25, 0.3) is 0 Å². The molecule has 11 heteroatoms. The number of ether oxygens (including phenoxy) is 1. The largest absolute Gasteiger partial charge is 0.488 e. The summed E-state index contributed by atoms with van der Waals surface area (Å²) >= 11 is 0.